The van der Waals surface area contributed by atoms with Crippen LogP contribution in [0.25, 0.3) is 0 Å². The van der Waals surface area contributed by atoms with Gasteiger partial charge in [-0.25, -0.2) is 8.42 Å². The number of morpholine rings is 1. The Morgan fingerprint density at radius 2 is 1.85 bits per heavy atom. The number of sulfonamides is 1. The maximum atomic E-state index is 13.5. The van der Waals surface area contributed by atoms with Crippen LogP contribution in [-0.4, -0.2) is 58.0 Å². The van der Waals surface area contributed by atoms with Crippen molar-refractivity contribution in [1.29, 1.82) is 0 Å². The Bertz CT molecular complexity index is 1090. The van der Waals surface area contributed by atoms with Crippen LogP contribution in [0.2, 0.25) is 0 Å². The zero-order valence-electron chi connectivity index (χ0n) is 19.4. The first-order chi connectivity index (χ1) is 16.0. The van der Waals surface area contributed by atoms with Gasteiger partial charge in [-0.05, 0) is 48.6 Å². The van der Waals surface area contributed by atoms with E-state index in [1.54, 1.807) is 12.1 Å². The molecule has 0 spiro atoms. The quantitative estimate of drug-likeness (QED) is 0.667. The van der Waals surface area contributed by atoms with Crippen LogP contribution in [0.1, 0.15) is 43.7 Å². The van der Waals surface area contributed by atoms with E-state index in [2.05, 4.69) is 16.3 Å². The van der Waals surface area contributed by atoms with Crippen LogP contribution < -0.4 is 10.2 Å². The SMILES string of the molecule is CCN(CC)S(=O)(=O)c1ccc(N2CCOCC2)c(NC(=O)[C@@H]2CCCc3ccccc32)c1. The summed E-state index contributed by atoms with van der Waals surface area (Å²) < 4.78 is 33.2. The second-order valence-corrected chi connectivity index (χ2v) is 10.4. The highest BCUT2D eigenvalue weighted by Gasteiger charge is 2.29. The van der Waals surface area contributed by atoms with Crippen molar-refractivity contribution in [2.45, 2.75) is 43.9 Å². The average molecular weight is 472 g/mol. The lowest BCUT2D eigenvalue weighted by molar-refractivity contribution is -0.117. The number of amides is 1. The number of ether oxygens (including phenoxy) is 1. The van der Waals surface area contributed by atoms with E-state index in [4.69, 9.17) is 4.74 Å². The fraction of sp³-hybridized carbons (Fsp3) is 0.480. The average Bonchev–Trinajstić information content (AvgIpc) is 2.84. The number of anilines is 2. The van der Waals surface area contributed by atoms with E-state index < -0.39 is 10.0 Å². The smallest absolute Gasteiger partial charge is 0.243 e. The molecule has 1 amide bonds. The first-order valence-corrected chi connectivity index (χ1v) is 13.2. The molecule has 4 rings (SSSR count). The minimum atomic E-state index is -3.64. The third-order valence-corrected chi connectivity index (χ3v) is 8.65. The fourth-order valence-electron chi connectivity index (χ4n) is 4.81. The van der Waals surface area contributed by atoms with Gasteiger partial charge in [0.2, 0.25) is 15.9 Å². The first-order valence-electron chi connectivity index (χ1n) is 11.8. The fourth-order valence-corrected chi connectivity index (χ4v) is 6.30. The lowest BCUT2D eigenvalue weighted by atomic mass is 9.82. The molecule has 178 valence electrons. The van der Waals surface area contributed by atoms with Gasteiger partial charge in [0.15, 0.2) is 0 Å². The van der Waals surface area contributed by atoms with Crippen LogP contribution in [0.5, 0.6) is 0 Å². The first kappa shape index (κ1) is 23.7. The summed E-state index contributed by atoms with van der Waals surface area (Å²) in [5, 5.41) is 3.10. The molecular formula is C25H33N3O4S. The lowest BCUT2D eigenvalue weighted by Crippen LogP contribution is -2.37. The summed E-state index contributed by atoms with van der Waals surface area (Å²) in [5.41, 5.74) is 3.66. The molecular weight excluding hydrogens is 438 g/mol. The number of hydrogen-bond donors (Lipinski definition) is 1. The summed E-state index contributed by atoms with van der Waals surface area (Å²) in [5.74, 6) is -0.329. The summed E-state index contributed by atoms with van der Waals surface area (Å²) in [7, 11) is -3.64. The monoisotopic (exact) mass is 471 g/mol. The van der Waals surface area contributed by atoms with E-state index in [9.17, 15) is 13.2 Å². The molecule has 2 aliphatic rings. The Balaban J connectivity index is 1.69. The van der Waals surface area contributed by atoms with Crippen LogP contribution in [0, 0.1) is 0 Å². The minimum Gasteiger partial charge on any atom is -0.378 e. The van der Waals surface area contributed by atoms with Crippen molar-refractivity contribution in [2.24, 2.45) is 0 Å². The van der Waals surface area contributed by atoms with Crippen molar-refractivity contribution in [3.8, 4) is 0 Å². The van der Waals surface area contributed by atoms with E-state index in [0.29, 0.717) is 45.1 Å². The van der Waals surface area contributed by atoms with Gasteiger partial charge in [0, 0.05) is 26.2 Å². The number of nitrogens with zero attached hydrogens (tertiary/aromatic N) is 2. The minimum absolute atomic E-state index is 0.0888. The van der Waals surface area contributed by atoms with Gasteiger partial charge in [-0.1, -0.05) is 38.1 Å². The summed E-state index contributed by atoms with van der Waals surface area (Å²) >= 11 is 0. The molecule has 2 aromatic rings. The van der Waals surface area contributed by atoms with Gasteiger partial charge in [-0.15, -0.1) is 0 Å². The van der Waals surface area contributed by atoms with Gasteiger partial charge in [-0.2, -0.15) is 4.31 Å². The van der Waals surface area contributed by atoms with Gasteiger partial charge < -0.3 is 15.0 Å². The van der Waals surface area contributed by atoms with Gasteiger partial charge >= 0.3 is 0 Å². The van der Waals surface area contributed by atoms with Crippen LogP contribution >= 0.6 is 0 Å². The molecule has 0 unspecified atom stereocenters. The molecule has 8 heteroatoms. The number of rotatable bonds is 7. The summed E-state index contributed by atoms with van der Waals surface area (Å²) in [6.45, 7) is 7.02. The molecule has 1 N–H and O–H groups in total. The predicted octanol–water partition coefficient (Wildman–Crippen LogP) is 3.61. The third-order valence-electron chi connectivity index (χ3n) is 6.61. The highest BCUT2D eigenvalue weighted by atomic mass is 32.2. The number of fused-ring (bicyclic) bond motifs is 1. The molecule has 0 saturated carbocycles. The van der Waals surface area contributed by atoms with Crippen LogP contribution in [-0.2, 0) is 26.0 Å². The second kappa shape index (κ2) is 10.2. The van der Waals surface area contributed by atoms with E-state index in [1.807, 2.05) is 38.1 Å². The van der Waals surface area contributed by atoms with Crippen molar-refractivity contribution in [1.82, 2.24) is 4.31 Å². The molecule has 0 aromatic heterocycles. The third kappa shape index (κ3) is 4.93. The number of carbonyl (C=O) groups is 1. The molecule has 1 fully saturated rings. The van der Waals surface area contributed by atoms with Gasteiger partial charge in [-0.3, -0.25) is 4.79 Å². The summed E-state index contributed by atoms with van der Waals surface area (Å²) in [4.78, 5) is 15.8. The molecule has 0 radical (unpaired) electrons. The van der Waals surface area contributed by atoms with Crippen molar-refractivity contribution in [3.05, 3.63) is 53.6 Å². The molecule has 1 aliphatic heterocycles. The normalized spacial score (nSPS) is 18.8. The van der Waals surface area contributed by atoms with Crippen LogP contribution in [0.3, 0.4) is 0 Å². The van der Waals surface area contributed by atoms with E-state index >= 15 is 0 Å². The topological polar surface area (TPSA) is 79.0 Å². The van der Waals surface area contributed by atoms with Crippen molar-refractivity contribution in [3.63, 3.8) is 0 Å². The number of aryl methyl sites for hydroxylation is 1. The molecule has 1 aliphatic carbocycles. The van der Waals surface area contributed by atoms with Gasteiger partial charge in [0.05, 0.1) is 35.4 Å². The number of carbonyl (C=O) groups excluding carboxylic acids is 1. The highest BCUT2D eigenvalue weighted by Crippen LogP contribution is 2.35. The summed E-state index contributed by atoms with van der Waals surface area (Å²) in [6, 6.07) is 13.2. The van der Waals surface area contributed by atoms with Crippen molar-refractivity contribution < 1.29 is 17.9 Å². The van der Waals surface area contributed by atoms with Crippen molar-refractivity contribution >= 4 is 27.3 Å². The molecule has 7 nitrogen and oxygen atoms in total. The maximum absolute atomic E-state index is 13.5. The van der Waals surface area contributed by atoms with Gasteiger partial charge in [0.25, 0.3) is 0 Å². The van der Waals surface area contributed by atoms with E-state index in [1.165, 1.54) is 9.87 Å². The Kier molecular flexibility index (Phi) is 7.36. The molecule has 1 heterocycles. The number of nitrogens with one attached hydrogen (secondary N) is 1. The predicted molar refractivity (Wildman–Crippen MR) is 130 cm³/mol. The lowest BCUT2D eigenvalue weighted by Gasteiger charge is -2.32. The number of hydrogen-bond acceptors (Lipinski definition) is 5. The summed E-state index contributed by atoms with van der Waals surface area (Å²) in [6.07, 6.45) is 2.73. The molecule has 2 aromatic carbocycles. The van der Waals surface area contributed by atoms with Crippen LogP contribution in [0.4, 0.5) is 11.4 Å². The molecule has 1 atom stereocenters. The van der Waals surface area contributed by atoms with E-state index in [0.717, 1.165) is 30.5 Å². The number of benzene rings is 2. The zero-order chi connectivity index (χ0) is 23.4. The molecule has 1 saturated heterocycles. The molecule has 33 heavy (non-hydrogen) atoms. The molecule has 0 bridgehead atoms. The Labute approximate surface area is 196 Å². The maximum Gasteiger partial charge on any atom is 0.243 e. The standard InChI is InChI=1S/C25H33N3O4S/c1-3-28(4-2)33(30,31)20-12-13-24(27-14-16-32-17-15-27)23(18-20)26-25(29)22-11-7-9-19-8-5-6-10-21(19)22/h5-6,8,10,12-13,18,22H,3-4,7,9,11,14-17H2,1-2H3,(H,26,29)/t22-/m1/s1. The Hall–Kier alpha value is -2.42. The Morgan fingerprint density at radius 1 is 1.12 bits per heavy atom. The largest absolute Gasteiger partial charge is 0.378 e. The van der Waals surface area contributed by atoms with Gasteiger partial charge in [0.1, 0.15) is 0 Å². The zero-order valence-corrected chi connectivity index (χ0v) is 20.2. The second-order valence-electron chi connectivity index (χ2n) is 8.50. The Morgan fingerprint density at radius 3 is 2.58 bits per heavy atom. The van der Waals surface area contributed by atoms with E-state index in [-0.39, 0.29) is 16.7 Å². The van der Waals surface area contributed by atoms with Crippen LogP contribution in [0.15, 0.2) is 47.4 Å². The highest BCUT2D eigenvalue weighted by molar-refractivity contribution is 7.89. The van der Waals surface area contributed by atoms with Crippen molar-refractivity contribution in [2.75, 3.05) is 49.6 Å².